The van der Waals surface area contributed by atoms with Gasteiger partial charge in [-0.3, -0.25) is 4.79 Å². The lowest BCUT2D eigenvalue weighted by Crippen LogP contribution is -2.38. The molecule has 1 aromatic heterocycles. The van der Waals surface area contributed by atoms with Crippen molar-refractivity contribution < 1.29 is 9.53 Å². The van der Waals surface area contributed by atoms with Gasteiger partial charge in [0.15, 0.2) is 0 Å². The van der Waals surface area contributed by atoms with Crippen LogP contribution in [0.3, 0.4) is 0 Å². The van der Waals surface area contributed by atoms with Crippen LogP contribution in [0, 0.1) is 0 Å². The third-order valence-corrected chi connectivity index (χ3v) is 2.83. The van der Waals surface area contributed by atoms with E-state index in [9.17, 15) is 4.79 Å². The van der Waals surface area contributed by atoms with Gasteiger partial charge >= 0.3 is 0 Å². The van der Waals surface area contributed by atoms with Crippen molar-refractivity contribution in [2.75, 3.05) is 19.5 Å². The number of ether oxygens (including phenoxy) is 1. The lowest BCUT2D eigenvalue weighted by Gasteiger charge is -2.17. The molecule has 1 rings (SSSR count). The standard InChI is InChI=1S/C13H23N3O2/c1-4-6-11(9-18-3)15-13(17)12-7-10(14)8-16(12)5-2/h7-8,11H,4-6,9,14H2,1-3H3,(H,15,17). The number of nitrogens with two attached hydrogens (primary N) is 1. The number of carbonyl (C=O) groups excluding carboxylic acids is 1. The van der Waals surface area contributed by atoms with Crippen LogP contribution in [-0.4, -0.2) is 30.2 Å². The Hall–Kier alpha value is -1.49. The Kier molecular flexibility index (Phi) is 5.71. The van der Waals surface area contributed by atoms with Crippen molar-refractivity contribution in [2.45, 2.75) is 39.3 Å². The minimum Gasteiger partial charge on any atom is -0.397 e. The number of methoxy groups -OCH3 is 1. The zero-order chi connectivity index (χ0) is 13.5. The number of rotatable bonds is 7. The second kappa shape index (κ2) is 7.06. The van der Waals surface area contributed by atoms with E-state index in [0.717, 1.165) is 19.4 Å². The Morgan fingerprint density at radius 2 is 2.28 bits per heavy atom. The zero-order valence-electron chi connectivity index (χ0n) is 11.4. The first-order chi connectivity index (χ1) is 8.62. The first-order valence-corrected chi connectivity index (χ1v) is 6.37. The van der Waals surface area contributed by atoms with Gasteiger partial charge in [0.05, 0.1) is 18.3 Å². The molecule has 0 saturated carbocycles. The minimum absolute atomic E-state index is 0.0499. The van der Waals surface area contributed by atoms with E-state index in [4.69, 9.17) is 10.5 Å². The number of amides is 1. The molecule has 102 valence electrons. The highest BCUT2D eigenvalue weighted by Gasteiger charge is 2.16. The van der Waals surface area contributed by atoms with E-state index < -0.39 is 0 Å². The molecule has 3 N–H and O–H groups in total. The molecule has 0 saturated heterocycles. The number of hydrogen-bond acceptors (Lipinski definition) is 3. The summed E-state index contributed by atoms with van der Waals surface area (Å²) in [6.45, 7) is 5.32. The van der Waals surface area contributed by atoms with Crippen LogP contribution in [0.15, 0.2) is 12.3 Å². The summed E-state index contributed by atoms with van der Waals surface area (Å²) in [4.78, 5) is 12.2. The zero-order valence-corrected chi connectivity index (χ0v) is 11.4. The summed E-state index contributed by atoms with van der Waals surface area (Å²) in [5.74, 6) is -0.0935. The highest BCUT2D eigenvalue weighted by molar-refractivity contribution is 5.94. The van der Waals surface area contributed by atoms with Crippen LogP contribution in [-0.2, 0) is 11.3 Å². The maximum atomic E-state index is 12.2. The predicted octanol–water partition coefficient (Wildman–Crippen LogP) is 1.64. The molecule has 0 fully saturated rings. The molecule has 5 heteroatoms. The maximum absolute atomic E-state index is 12.2. The summed E-state index contributed by atoms with van der Waals surface area (Å²) in [6.07, 6.45) is 3.69. The smallest absolute Gasteiger partial charge is 0.268 e. The number of anilines is 1. The van der Waals surface area contributed by atoms with Gasteiger partial charge in [0.1, 0.15) is 5.69 Å². The van der Waals surface area contributed by atoms with Crippen molar-refractivity contribution in [3.63, 3.8) is 0 Å². The molecule has 1 amide bonds. The highest BCUT2D eigenvalue weighted by atomic mass is 16.5. The topological polar surface area (TPSA) is 69.3 Å². The number of hydrogen-bond donors (Lipinski definition) is 2. The van der Waals surface area contributed by atoms with Gasteiger partial charge in [-0.15, -0.1) is 0 Å². The summed E-state index contributed by atoms with van der Waals surface area (Å²) in [5.41, 5.74) is 6.93. The van der Waals surface area contributed by atoms with Crippen LogP contribution in [0.4, 0.5) is 5.69 Å². The molecule has 18 heavy (non-hydrogen) atoms. The van der Waals surface area contributed by atoms with Crippen molar-refractivity contribution >= 4 is 11.6 Å². The average Bonchev–Trinajstić information content (AvgIpc) is 2.71. The molecule has 0 aliphatic rings. The SMILES string of the molecule is CCCC(COC)NC(=O)c1cc(N)cn1CC. The van der Waals surface area contributed by atoms with Crippen LogP contribution in [0.1, 0.15) is 37.2 Å². The molecule has 0 aliphatic heterocycles. The Morgan fingerprint density at radius 1 is 1.56 bits per heavy atom. The van der Waals surface area contributed by atoms with Crippen molar-refractivity contribution in [1.82, 2.24) is 9.88 Å². The normalized spacial score (nSPS) is 12.4. The number of aromatic nitrogens is 1. The van der Waals surface area contributed by atoms with E-state index in [0.29, 0.717) is 18.0 Å². The number of nitrogens with one attached hydrogen (secondary N) is 1. The molecule has 0 spiro atoms. The fourth-order valence-corrected chi connectivity index (χ4v) is 1.99. The van der Waals surface area contributed by atoms with Crippen molar-refractivity contribution in [2.24, 2.45) is 0 Å². The maximum Gasteiger partial charge on any atom is 0.268 e. The molecule has 5 nitrogen and oxygen atoms in total. The van der Waals surface area contributed by atoms with Crippen LogP contribution in [0.25, 0.3) is 0 Å². The lowest BCUT2D eigenvalue weighted by molar-refractivity contribution is 0.0882. The van der Waals surface area contributed by atoms with E-state index >= 15 is 0 Å². The van der Waals surface area contributed by atoms with Crippen molar-refractivity contribution in [3.05, 3.63) is 18.0 Å². The van der Waals surface area contributed by atoms with Crippen LogP contribution in [0.2, 0.25) is 0 Å². The van der Waals surface area contributed by atoms with Gasteiger partial charge in [0, 0.05) is 19.9 Å². The Labute approximate surface area is 108 Å². The van der Waals surface area contributed by atoms with Gasteiger partial charge in [0.25, 0.3) is 5.91 Å². The summed E-state index contributed by atoms with van der Waals surface area (Å²) in [7, 11) is 1.64. The van der Waals surface area contributed by atoms with E-state index in [2.05, 4.69) is 12.2 Å². The van der Waals surface area contributed by atoms with Crippen molar-refractivity contribution in [3.8, 4) is 0 Å². The molecule has 1 aromatic rings. The predicted molar refractivity (Wildman–Crippen MR) is 72.6 cm³/mol. The van der Waals surface area contributed by atoms with E-state index in [1.807, 2.05) is 11.5 Å². The van der Waals surface area contributed by atoms with Crippen LogP contribution >= 0.6 is 0 Å². The van der Waals surface area contributed by atoms with Gasteiger partial charge in [-0.2, -0.15) is 0 Å². The van der Waals surface area contributed by atoms with Gasteiger partial charge in [-0.05, 0) is 19.4 Å². The number of carbonyl (C=O) groups is 1. The lowest BCUT2D eigenvalue weighted by atomic mass is 10.2. The largest absolute Gasteiger partial charge is 0.397 e. The number of aryl methyl sites for hydroxylation is 1. The Morgan fingerprint density at radius 3 is 2.83 bits per heavy atom. The molecule has 0 radical (unpaired) electrons. The van der Waals surface area contributed by atoms with E-state index in [1.54, 1.807) is 19.4 Å². The third-order valence-electron chi connectivity index (χ3n) is 2.83. The van der Waals surface area contributed by atoms with Gasteiger partial charge in [0.2, 0.25) is 0 Å². The number of nitrogens with zero attached hydrogens (tertiary/aromatic N) is 1. The molecule has 0 bridgehead atoms. The molecule has 0 aromatic carbocycles. The summed E-state index contributed by atoms with van der Waals surface area (Å²) in [6, 6.07) is 1.75. The monoisotopic (exact) mass is 253 g/mol. The van der Waals surface area contributed by atoms with Crippen LogP contribution in [0.5, 0.6) is 0 Å². The summed E-state index contributed by atoms with van der Waals surface area (Å²) in [5, 5.41) is 2.98. The van der Waals surface area contributed by atoms with Crippen molar-refractivity contribution in [1.29, 1.82) is 0 Å². The molecule has 1 heterocycles. The second-order valence-electron chi connectivity index (χ2n) is 4.36. The third kappa shape index (κ3) is 3.77. The minimum atomic E-state index is -0.0935. The van der Waals surface area contributed by atoms with Gasteiger partial charge in [-0.1, -0.05) is 13.3 Å². The summed E-state index contributed by atoms with van der Waals surface area (Å²) >= 11 is 0. The molecule has 0 aliphatic carbocycles. The number of nitrogen functional groups attached to an aromatic ring is 1. The molecule has 1 unspecified atom stereocenters. The van der Waals surface area contributed by atoms with Crippen LogP contribution < -0.4 is 11.1 Å². The van der Waals surface area contributed by atoms with Gasteiger partial charge < -0.3 is 20.4 Å². The average molecular weight is 253 g/mol. The molecular weight excluding hydrogens is 230 g/mol. The summed E-state index contributed by atoms with van der Waals surface area (Å²) < 4.78 is 6.96. The quantitative estimate of drug-likeness (QED) is 0.776. The molecular formula is C13H23N3O2. The second-order valence-corrected chi connectivity index (χ2v) is 4.36. The van der Waals surface area contributed by atoms with E-state index in [1.165, 1.54) is 0 Å². The molecule has 1 atom stereocenters. The first-order valence-electron chi connectivity index (χ1n) is 6.37. The fourth-order valence-electron chi connectivity index (χ4n) is 1.99. The Balaban J connectivity index is 2.73. The van der Waals surface area contributed by atoms with Gasteiger partial charge in [-0.25, -0.2) is 0 Å². The van der Waals surface area contributed by atoms with E-state index in [-0.39, 0.29) is 11.9 Å². The fraction of sp³-hybridized carbons (Fsp3) is 0.615. The Bertz CT molecular complexity index is 382. The first kappa shape index (κ1) is 14.6. The highest BCUT2D eigenvalue weighted by Crippen LogP contribution is 2.11.